The predicted molar refractivity (Wildman–Crippen MR) is 104 cm³/mol. The van der Waals surface area contributed by atoms with Gasteiger partial charge in [-0.2, -0.15) is 0 Å². The predicted octanol–water partition coefficient (Wildman–Crippen LogP) is 4.85. The molecule has 0 aliphatic carbocycles. The number of amides is 1. The minimum absolute atomic E-state index is 0.0121. The van der Waals surface area contributed by atoms with Crippen molar-refractivity contribution in [3.05, 3.63) is 64.8 Å². The van der Waals surface area contributed by atoms with Crippen molar-refractivity contribution in [3.63, 3.8) is 0 Å². The lowest BCUT2D eigenvalue weighted by atomic mass is 9.94. The fourth-order valence-electron chi connectivity index (χ4n) is 3.70. The van der Waals surface area contributed by atoms with Crippen LogP contribution in [0.5, 0.6) is 5.75 Å². The second-order valence-corrected chi connectivity index (χ2v) is 7.16. The van der Waals surface area contributed by atoms with Crippen molar-refractivity contribution in [1.82, 2.24) is 9.88 Å². The molecule has 2 heterocycles. The third-order valence-corrected chi connectivity index (χ3v) is 5.43. The first-order valence-corrected chi connectivity index (χ1v) is 9.24. The fourth-order valence-corrected chi connectivity index (χ4v) is 3.92. The molecule has 0 saturated carbocycles. The summed E-state index contributed by atoms with van der Waals surface area (Å²) in [5.41, 5.74) is 2.84. The highest BCUT2D eigenvalue weighted by Gasteiger charge is 2.27. The minimum Gasteiger partial charge on any atom is -0.497 e. The number of piperidine rings is 1. The lowest BCUT2D eigenvalue weighted by Crippen LogP contribution is -2.39. The normalized spacial score (nSPS) is 17.5. The average molecular weight is 369 g/mol. The maximum Gasteiger partial charge on any atom is 0.255 e. The number of methoxy groups -OCH3 is 1. The van der Waals surface area contributed by atoms with Gasteiger partial charge in [-0.3, -0.25) is 4.79 Å². The first-order chi connectivity index (χ1) is 12.7. The highest BCUT2D eigenvalue weighted by atomic mass is 35.5. The van der Waals surface area contributed by atoms with Crippen LogP contribution in [0.3, 0.4) is 0 Å². The molecule has 1 aliphatic heterocycles. The van der Waals surface area contributed by atoms with Crippen LogP contribution in [-0.2, 0) is 0 Å². The largest absolute Gasteiger partial charge is 0.497 e. The molecule has 1 amide bonds. The number of halogens is 1. The van der Waals surface area contributed by atoms with Gasteiger partial charge in [-0.25, -0.2) is 0 Å². The number of fused-ring (bicyclic) bond motifs is 1. The fraction of sp³-hybridized carbons (Fsp3) is 0.286. The topological polar surface area (TPSA) is 45.3 Å². The van der Waals surface area contributed by atoms with Crippen molar-refractivity contribution in [2.24, 2.45) is 0 Å². The molecule has 26 heavy (non-hydrogen) atoms. The Morgan fingerprint density at radius 1 is 1.23 bits per heavy atom. The minimum atomic E-state index is 0.0121. The number of hydrogen-bond donors (Lipinski definition) is 1. The van der Waals surface area contributed by atoms with E-state index in [2.05, 4.69) is 11.1 Å². The third kappa shape index (κ3) is 3.17. The quantitative estimate of drug-likeness (QED) is 0.718. The summed E-state index contributed by atoms with van der Waals surface area (Å²) >= 11 is 6.21. The van der Waals surface area contributed by atoms with Crippen LogP contribution in [0.25, 0.3) is 10.9 Å². The summed E-state index contributed by atoms with van der Waals surface area (Å²) in [5.74, 6) is 1.16. The van der Waals surface area contributed by atoms with Crippen LogP contribution in [0.4, 0.5) is 0 Å². The zero-order valence-corrected chi connectivity index (χ0v) is 15.4. The van der Waals surface area contributed by atoms with Crippen molar-refractivity contribution in [1.29, 1.82) is 0 Å². The van der Waals surface area contributed by atoms with Gasteiger partial charge in [-0.05, 0) is 49.2 Å². The molecule has 0 bridgehead atoms. The second-order valence-electron chi connectivity index (χ2n) is 6.75. The van der Waals surface area contributed by atoms with Crippen LogP contribution < -0.4 is 4.74 Å². The zero-order valence-electron chi connectivity index (χ0n) is 14.7. The number of carbonyl (C=O) groups is 1. The second kappa shape index (κ2) is 7.04. The van der Waals surface area contributed by atoms with E-state index in [1.807, 2.05) is 35.2 Å². The zero-order chi connectivity index (χ0) is 18.1. The van der Waals surface area contributed by atoms with Crippen LogP contribution >= 0.6 is 11.6 Å². The Labute approximate surface area is 157 Å². The van der Waals surface area contributed by atoms with Gasteiger partial charge in [0.05, 0.1) is 17.7 Å². The van der Waals surface area contributed by atoms with Gasteiger partial charge in [0.1, 0.15) is 5.75 Å². The number of nitrogens with zero attached hydrogens (tertiary/aromatic N) is 1. The Morgan fingerprint density at radius 2 is 2.08 bits per heavy atom. The van der Waals surface area contributed by atoms with Gasteiger partial charge >= 0.3 is 0 Å². The highest BCUT2D eigenvalue weighted by molar-refractivity contribution is 6.33. The van der Waals surface area contributed by atoms with Crippen LogP contribution in [0.2, 0.25) is 5.02 Å². The van der Waals surface area contributed by atoms with Crippen LogP contribution in [-0.4, -0.2) is 36.0 Å². The molecular weight excluding hydrogens is 348 g/mol. The maximum absolute atomic E-state index is 12.9. The van der Waals surface area contributed by atoms with E-state index < -0.39 is 0 Å². The summed E-state index contributed by atoms with van der Waals surface area (Å²) < 4.78 is 5.31. The average Bonchev–Trinajstić information content (AvgIpc) is 3.11. The van der Waals surface area contributed by atoms with E-state index in [-0.39, 0.29) is 5.91 Å². The Morgan fingerprint density at radius 3 is 2.88 bits per heavy atom. The molecule has 1 N–H and O–H groups in total. The molecule has 3 aromatic rings. The van der Waals surface area contributed by atoms with Crippen molar-refractivity contribution in [2.75, 3.05) is 20.2 Å². The SMILES string of the molecule is COc1ccc2[nH]c(C3CCCN(C(=O)c4ccccc4Cl)C3)cc2c1. The van der Waals surface area contributed by atoms with E-state index in [0.717, 1.165) is 36.0 Å². The molecule has 4 nitrogen and oxygen atoms in total. The van der Waals surface area contributed by atoms with Gasteiger partial charge < -0.3 is 14.6 Å². The first kappa shape index (κ1) is 17.0. The summed E-state index contributed by atoms with van der Waals surface area (Å²) in [5, 5.41) is 1.64. The smallest absolute Gasteiger partial charge is 0.255 e. The molecule has 1 fully saturated rings. The highest BCUT2D eigenvalue weighted by Crippen LogP contribution is 2.31. The number of ether oxygens (including phenoxy) is 1. The van der Waals surface area contributed by atoms with Gasteiger partial charge in [0.2, 0.25) is 0 Å². The molecule has 5 heteroatoms. The molecule has 1 aliphatic rings. The molecule has 1 unspecified atom stereocenters. The van der Waals surface area contributed by atoms with Crippen LogP contribution in [0.15, 0.2) is 48.5 Å². The molecule has 1 saturated heterocycles. The van der Waals surface area contributed by atoms with Crippen LogP contribution in [0.1, 0.15) is 34.8 Å². The summed E-state index contributed by atoms with van der Waals surface area (Å²) in [6.45, 7) is 1.47. The van der Waals surface area contributed by atoms with E-state index in [0.29, 0.717) is 23.0 Å². The van der Waals surface area contributed by atoms with Crippen LogP contribution in [0, 0.1) is 0 Å². The Bertz CT molecular complexity index is 950. The number of H-pyrrole nitrogens is 1. The van der Waals surface area contributed by atoms with E-state index >= 15 is 0 Å². The number of carbonyl (C=O) groups excluding carboxylic acids is 1. The van der Waals surface area contributed by atoms with Crippen molar-refractivity contribution in [2.45, 2.75) is 18.8 Å². The summed E-state index contributed by atoms with van der Waals surface area (Å²) in [4.78, 5) is 18.3. The number of aromatic nitrogens is 1. The van der Waals surface area contributed by atoms with Crippen molar-refractivity contribution in [3.8, 4) is 5.75 Å². The van der Waals surface area contributed by atoms with E-state index in [9.17, 15) is 4.79 Å². The Kier molecular flexibility index (Phi) is 4.60. The molecule has 134 valence electrons. The first-order valence-electron chi connectivity index (χ1n) is 8.86. The maximum atomic E-state index is 12.9. The molecule has 0 radical (unpaired) electrons. The van der Waals surface area contributed by atoms with Gasteiger partial charge in [0.15, 0.2) is 0 Å². The number of benzene rings is 2. The van der Waals surface area contributed by atoms with Gasteiger partial charge in [-0.1, -0.05) is 23.7 Å². The molecule has 0 spiro atoms. The third-order valence-electron chi connectivity index (χ3n) is 5.10. The Hall–Kier alpha value is -2.46. The molecule has 4 rings (SSSR count). The molecule has 1 aromatic heterocycles. The van der Waals surface area contributed by atoms with Gasteiger partial charge in [-0.15, -0.1) is 0 Å². The van der Waals surface area contributed by atoms with E-state index in [4.69, 9.17) is 16.3 Å². The lowest BCUT2D eigenvalue weighted by molar-refractivity contribution is 0.0706. The van der Waals surface area contributed by atoms with E-state index in [1.165, 1.54) is 5.69 Å². The summed E-state index contributed by atoms with van der Waals surface area (Å²) in [6.07, 6.45) is 2.05. The molecule has 1 atom stereocenters. The number of nitrogens with one attached hydrogen (secondary N) is 1. The molecule has 2 aromatic carbocycles. The van der Waals surface area contributed by atoms with Crippen molar-refractivity contribution >= 4 is 28.4 Å². The molecular formula is C21H21ClN2O2. The van der Waals surface area contributed by atoms with Gasteiger partial charge in [0.25, 0.3) is 5.91 Å². The number of rotatable bonds is 3. The monoisotopic (exact) mass is 368 g/mol. The van der Waals surface area contributed by atoms with Crippen molar-refractivity contribution < 1.29 is 9.53 Å². The van der Waals surface area contributed by atoms with Gasteiger partial charge in [0, 0.05) is 35.6 Å². The summed E-state index contributed by atoms with van der Waals surface area (Å²) in [7, 11) is 1.67. The lowest BCUT2D eigenvalue weighted by Gasteiger charge is -2.32. The van der Waals surface area contributed by atoms with E-state index in [1.54, 1.807) is 19.2 Å². The Balaban J connectivity index is 1.57. The number of likely N-dealkylation sites (tertiary alicyclic amines) is 1. The number of hydrogen-bond acceptors (Lipinski definition) is 2. The number of aromatic amines is 1. The standard InChI is InChI=1S/C21H21ClN2O2/c1-26-16-8-9-19-15(11-16)12-20(23-19)14-5-4-10-24(13-14)21(25)17-6-2-3-7-18(17)22/h2-3,6-9,11-12,14,23H,4-5,10,13H2,1H3. The summed E-state index contributed by atoms with van der Waals surface area (Å²) in [6, 6.07) is 15.5.